The number of ether oxygens (including phenoxy) is 3. The molecular weight excluding hydrogens is 823 g/mol. The number of thiazole rings is 1. The van der Waals surface area contributed by atoms with Crippen molar-refractivity contribution in [2.75, 3.05) is 6.61 Å². The van der Waals surface area contributed by atoms with Crippen LogP contribution in [0.25, 0.3) is 6.08 Å². The Morgan fingerprint density at radius 3 is 2.55 bits per heavy atom. The first kappa shape index (κ1) is 32.6. The summed E-state index contributed by atoms with van der Waals surface area (Å²) in [5.74, 6) is 0.736. The molecule has 0 saturated carbocycles. The Kier molecular flexibility index (Phi) is 10.5. The molecule has 0 fully saturated rings. The first-order valence-corrected chi connectivity index (χ1v) is 17.4. The number of benzene rings is 3. The molecule has 5 rings (SSSR count). The monoisotopic (exact) mass is 850 g/mol. The molecule has 1 atom stereocenters. The molecule has 2 heterocycles. The molecule has 0 aliphatic carbocycles. The fraction of sp³-hybridized carbons (Fsp3) is 0.242. The van der Waals surface area contributed by atoms with Gasteiger partial charge in [0.15, 0.2) is 4.80 Å². The van der Waals surface area contributed by atoms with Gasteiger partial charge in [0.25, 0.3) is 5.56 Å². The lowest BCUT2D eigenvalue weighted by molar-refractivity contribution is -0.139. The summed E-state index contributed by atoms with van der Waals surface area (Å²) in [6, 6.07) is 18.5. The molecule has 0 amide bonds. The van der Waals surface area contributed by atoms with E-state index in [2.05, 4.69) is 54.5 Å². The lowest BCUT2D eigenvalue weighted by Gasteiger charge is -2.26. The molecule has 1 aliphatic rings. The summed E-state index contributed by atoms with van der Waals surface area (Å²) in [4.78, 5) is 32.8. The second kappa shape index (κ2) is 14.1. The summed E-state index contributed by atoms with van der Waals surface area (Å²) in [6.07, 6.45) is 1.71. The zero-order chi connectivity index (χ0) is 31.5. The van der Waals surface area contributed by atoms with Crippen LogP contribution in [-0.4, -0.2) is 23.2 Å². The number of para-hydroxylation sites is 1. The molecule has 4 aromatic rings. The lowest BCUT2D eigenvalue weighted by atomic mass is 9.95. The van der Waals surface area contributed by atoms with E-state index in [0.717, 1.165) is 23.6 Å². The third-order valence-electron chi connectivity index (χ3n) is 6.71. The van der Waals surface area contributed by atoms with Crippen molar-refractivity contribution in [1.82, 2.24) is 4.57 Å². The highest BCUT2D eigenvalue weighted by atomic mass is 127. The minimum atomic E-state index is -0.779. The van der Waals surface area contributed by atoms with Crippen LogP contribution in [0.3, 0.4) is 0 Å². The second-order valence-electron chi connectivity index (χ2n) is 10.2. The molecule has 0 N–H and O–H groups in total. The average molecular weight is 852 g/mol. The molecule has 0 spiro atoms. The van der Waals surface area contributed by atoms with E-state index >= 15 is 0 Å². The van der Waals surface area contributed by atoms with Gasteiger partial charge >= 0.3 is 5.97 Å². The average Bonchev–Trinajstić information content (AvgIpc) is 3.26. The fourth-order valence-corrected chi connectivity index (χ4v) is 7.88. The summed E-state index contributed by atoms with van der Waals surface area (Å²) in [5, 5.41) is 0. The molecule has 1 aromatic heterocycles. The highest BCUT2D eigenvalue weighted by molar-refractivity contribution is 14.1. The molecule has 44 heavy (non-hydrogen) atoms. The highest BCUT2D eigenvalue weighted by Crippen LogP contribution is 2.36. The van der Waals surface area contributed by atoms with Gasteiger partial charge in [-0.1, -0.05) is 73.5 Å². The van der Waals surface area contributed by atoms with Gasteiger partial charge in [-0.05, 0) is 92.3 Å². The number of rotatable bonds is 9. The van der Waals surface area contributed by atoms with Crippen LogP contribution < -0.4 is 24.4 Å². The Bertz CT molecular complexity index is 1930. The van der Waals surface area contributed by atoms with E-state index in [4.69, 9.17) is 19.2 Å². The topological polar surface area (TPSA) is 79.1 Å². The quantitative estimate of drug-likeness (QED) is 0.131. The van der Waals surface area contributed by atoms with Gasteiger partial charge < -0.3 is 14.2 Å². The Morgan fingerprint density at radius 1 is 1.11 bits per heavy atom. The standard InChI is InChI=1S/C33H29Br2IN2O5S/c1-5-41-32(40)28-19(4)37-33-38(29(28)24-8-6-7-9-26(24)43-18(2)3)31(39)27(44-33)15-21-14-23(35)16-25(36)30(21)42-17-20-10-12-22(34)13-11-20/h6-16,18,29H,5,17H2,1-4H3/b27-15-/t29-/m0/s1. The van der Waals surface area contributed by atoms with E-state index in [9.17, 15) is 9.59 Å². The maximum Gasteiger partial charge on any atom is 0.338 e. The van der Waals surface area contributed by atoms with Gasteiger partial charge in [0.2, 0.25) is 0 Å². The molecule has 0 radical (unpaired) electrons. The smallest absolute Gasteiger partial charge is 0.338 e. The van der Waals surface area contributed by atoms with E-state index < -0.39 is 12.0 Å². The number of allylic oxidation sites excluding steroid dienone is 1. The summed E-state index contributed by atoms with van der Waals surface area (Å²) in [5.41, 5.74) is 2.97. The second-order valence-corrected chi connectivity index (χ2v) is 14.2. The number of aromatic nitrogens is 1. The van der Waals surface area contributed by atoms with Crippen LogP contribution in [0.15, 0.2) is 90.7 Å². The van der Waals surface area contributed by atoms with Crippen LogP contribution in [0.1, 0.15) is 50.4 Å². The van der Waals surface area contributed by atoms with Gasteiger partial charge in [-0.3, -0.25) is 9.36 Å². The van der Waals surface area contributed by atoms with Crippen molar-refractivity contribution >= 4 is 77.8 Å². The molecule has 228 valence electrons. The summed E-state index contributed by atoms with van der Waals surface area (Å²) < 4.78 is 22.7. The van der Waals surface area contributed by atoms with Crippen LogP contribution in [0.4, 0.5) is 0 Å². The third kappa shape index (κ3) is 7.05. The highest BCUT2D eigenvalue weighted by Gasteiger charge is 2.35. The predicted octanol–water partition coefficient (Wildman–Crippen LogP) is 7.29. The molecule has 11 heteroatoms. The first-order valence-electron chi connectivity index (χ1n) is 13.9. The van der Waals surface area contributed by atoms with Crippen molar-refractivity contribution in [1.29, 1.82) is 0 Å². The zero-order valence-corrected chi connectivity index (χ0v) is 30.5. The van der Waals surface area contributed by atoms with Crippen LogP contribution in [-0.2, 0) is 16.1 Å². The largest absolute Gasteiger partial charge is 0.491 e. The van der Waals surface area contributed by atoms with Crippen molar-refractivity contribution in [2.24, 2.45) is 4.99 Å². The van der Waals surface area contributed by atoms with Crippen LogP contribution in [0.5, 0.6) is 11.5 Å². The number of nitrogens with zero attached hydrogens (tertiary/aromatic N) is 2. The van der Waals surface area contributed by atoms with Crippen molar-refractivity contribution in [2.45, 2.75) is 46.4 Å². The molecule has 1 aliphatic heterocycles. The van der Waals surface area contributed by atoms with Gasteiger partial charge in [-0.25, -0.2) is 9.79 Å². The number of hydrogen-bond acceptors (Lipinski definition) is 7. The van der Waals surface area contributed by atoms with E-state index in [1.54, 1.807) is 18.4 Å². The summed E-state index contributed by atoms with van der Waals surface area (Å²) >= 11 is 10.6. The minimum absolute atomic E-state index is 0.113. The number of fused-ring (bicyclic) bond motifs is 1. The molecule has 3 aromatic carbocycles. The number of esters is 1. The molecular formula is C33H29Br2IN2O5S. The minimum Gasteiger partial charge on any atom is -0.491 e. The Morgan fingerprint density at radius 2 is 1.84 bits per heavy atom. The van der Waals surface area contributed by atoms with E-state index in [-0.39, 0.29) is 18.3 Å². The normalized spacial score (nSPS) is 14.8. The Hall–Kier alpha value is -2.74. The molecule has 0 bridgehead atoms. The van der Waals surface area contributed by atoms with Gasteiger partial charge in [0.1, 0.15) is 24.1 Å². The fourth-order valence-electron chi connectivity index (χ4n) is 4.87. The number of carbonyl (C=O) groups excluding carboxylic acids is 1. The predicted molar refractivity (Wildman–Crippen MR) is 188 cm³/mol. The number of halogens is 3. The van der Waals surface area contributed by atoms with E-state index in [0.29, 0.717) is 44.3 Å². The van der Waals surface area contributed by atoms with Crippen molar-refractivity contribution in [3.63, 3.8) is 0 Å². The molecule has 0 saturated heterocycles. The maximum absolute atomic E-state index is 14.3. The SMILES string of the molecule is CCOC(=O)C1=C(C)N=c2s/c(=C\c3cc(Br)cc(I)c3OCc3ccc(Br)cc3)c(=O)n2[C@H]1c1ccccc1OC(C)C. The van der Waals surface area contributed by atoms with Crippen molar-refractivity contribution in [3.8, 4) is 11.5 Å². The molecule has 0 unspecified atom stereocenters. The van der Waals surface area contributed by atoms with Crippen LogP contribution >= 0.6 is 65.8 Å². The first-order chi connectivity index (χ1) is 21.1. The van der Waals surface area contributed by atoms with Crippen LogP contribution in [0, 0.1) is 3.57 Å². The van der Waals surface area contributed by atoms with Gasteiger partial charge in [0.05, 0.1) is 32.1 Å². The Labute approximate surface area is 289 Å². The van der Waals surface area contributed by atoms with Crippen molar-refractivity contribution < 1.29 is 19.0 Å². The van der Waals surface area contributed by atoms with Crippen LogP contribution in [0.2, 0.25) is 0 Å². The van der Waals surface area contributed by atoms with Crippen molar-refractivity contribution in [3.05, 3.63) is 121 Å². The summed E-state index contributed by atoms with van der Waals surface area (Å²) in [7, 11) is 0. The maximum atomic E-state index is 14.3. The van der Waals surface area contributed by atoms with E-state index in [1.165, 1.54) is 11.3 Å². The number of hydrogen-bond donors (Lipinski definition) is 0. The lowest BCUT2D eigenvalue weighted by Crippen LogP contribution is -2.40. The summed E-state index contributed by atoms with van der Waals surface area (Å²) in [6.45, 7) is 7.95. The number of carbonyl (C=O) groups is 1. The zero-order valence-electron chi connectivity index (χ0n) is 24.4. The van der Waals surface area contributed by atoms with Gasteiger partial charge in [0, 0.05) is 20.1 Å². The third-order valence-corrected chi connectivity index (χ3v) is 9.48. The van der Waals surface area contributed by atoms with Gasteiger partial charge in [-0.15, -0.1) is 0 Å². The molecule has 7 nitrogen and oxygen atoms in total. The van der Waals surface area contributed by atoms with E-state index in [1.807, 2.05) is 80.6 Å². The van der Waals surface area contributed by atoms with Gasteiger partial charge in [-0.2, -0.15) is 0 Å². The Balaban J connectivity index is 1.67.